The maximum atomic E-state index is 12.7. The van der Waals surface area contributed by atoms with Crippen LogP contribution in [0, 0.1) is 6.92 Å². The first-order chi connectivity index (χ1) is 12.9. The van der Waals surface area contributed by atoms with E-state index in [-0.39, 0.29) is 24.1 Å². The minimum atomic E-state index is -2.92. The third-order valence-corrected chi connectivity index (χ3v) is 3.86. The molecule has 0 aromatic heterocycles. The summed E-state index contributed by atoms with van der Waals surface area (Å²) < 4.78 is 28.7. The van der Waals surface area contributed by atoms with Crippen LogP contribution in [0.5, 0.6) is 5.75 Å². The van der Waals surface area contributed by atoms with Gasteiger partial charge in [-0.2, -0.15) is 8.78 Å². The Balaban J connectivity index is 2.05. The number of carbonyl (C=O) groups is 2. The quantitative estimate of drug-likeness (QED) is 0.755. The number of ether oxygens (including phenoxy) is 1. The fourth-order valence-electron chi connectivity index (χ4n) is 2.56. The zero-order valence-corrected chi connectivity index (χ0v) is 15.2. The van der Waals surface area contributed by atoms with Gasteiger partial charge in [0.25, 0.3) is 5.91 Å². The lowest BCUT2D eigenvalue weighted by Gasteiger charge is -2.22. The largest absolute Gasteiger partial charge is 0.435 e. The molecule has 27 heavy (non-hydrogen) atoms. The van der Waals surface area contributed by atoms with Crippen LogP contribution in [0.25, 0.3) is 0 Å². The molecule has 0 spiro atoms. The molecular weight excluding hydrogens is 354 g/mol. The highest BCUT2D eigenvalue weighted by Crippen LogP contribution is 2.17. The molecule has 0 bridgehead atoms. The Morgan fingerprint density at radius 1 is 1.11 bits per heavy atom. The van der Waals surface area contributed by atoms with Crippen LogP contribution in [-0.2, 0) is 4.79 Å². The van der Waals surface area contributed by atoms with E-state index in [1.165, 1.54) is 29.2 Å². The number of nitrogens with one attached hydrogen (secondary N) is 1. The van der Waals surface area contributed by atoms with Gasteiger partial charge in [-0.15, -0.1) is 0 Å². The summed E-state index contributed by atoms with van der Waals surface area (Å²) in [4.78, 5) is 26.5. The molecule has 0 aliphatic heterocycles. The van der Waals surface area contributed by atoms with Crippen molar-refractivity contribution in [3.8, 4) is 5.75 Å². The Bertz CT molecular complexity index is 779. The fourth-order valence-corrected chi connectivity index (χ4v) is 2.56. The summed E-state index contributed by atoms with van der Waals surface area (Å²) >= 11 is 0. The maximum absolute atomic E-state index is 12.7. The van der Waals surface area contributed by atoms with Gasteiger partial charge >= 0.3 is 6.61 Å². The van der Waals surface area contributed by atoms with Gasteiger partial charge in [0.2, 0.25) is 5.91 Å². The SMILES string of the molecule is CCCN(CC(=O)Nc1ccccc1C)C(=O)c1ccc(OC(F)F)cc1. The Hall–Kier alpha value is -2.96. The average Bonchev–Trinajstić information content (AvgIpc) is 2.63. The molecule has 0 heterocycles. The number of rotatable bonds is 8. The van der Waals surface area contributed by atoms with Crippen molar-refractivity contribution in [1.29, 1.82) is 0 Å². The summed E-state index contributed by atoms with van der Waals surface area (Å²) in [5.74, 6) is -0.676. The average molecular weight is 376 g/mol. The molecule has 0 aliphatic carbocycles. The highest BCUT2D eigenvalue weighted by Gasteiger charge is 2.19. The minimum absolute atomic E-state index is 0.0270. The van der Waals surface area contributed by atoms with Crippen LogP contribution in [-0.4, -0.2) is 36.4 Å². The number of alkyl halides is 2. The number of amides is 2. The summed E-state index contributed by atoms with van der Waals surface area (Å²) in [5.41, 5.74) is 1.92. The molecule has 7 heteroatoms. The van der Waals surface area contributed by atoms with Gasteiger partial charge in [0, 0.05) is 17.8 Å². The number of halogens is 2. The monoisotopic (exact) mass is 376 g/mol. The second-order valence-electron chi connectivity index (χ2n) is 5.99. The van der Waals surface area contributed by atoms with Crippen molar-refractivity contribution in [2.24, 2.45) is 0 Å². The number of carbonyl (C=O) groups excluding carboxylic acids is 2. The Labute approximate surface area is 156 Å². The van der Waals surface area contributed by atoms with Crippen LogP contribution in [0.3, 0.4) is 0 Å². The second-order valence-corrected chi connectivity index (χ2v) is 5.99. The van der Waals surface area contributed by atoms with E-state index < -0.39 is 6.61 Å². The zero-order valence-electron chi connectivity index (χ0n) is 15.2. The lowest BCUT2D eigenvalue weighted by molar-refractivity contribution is -0.116. The number of para-hydroxylation sites is 1. The van der Waals surface area contributed by atoms with Crippen LogP contribution in [0.15, 0.2) is 48.5 Å². The molecule has 0 aliphatic rings. The lowest BCUT2D eigenvalue weighted by atomic mass is 10.1. The van der Waals surface area contributed by atoms with E-state index in [9.17, 15) is 18.4 Å². The summed E-state index contributed by atoms with van der Waals surface area (Å²) in [6.45, 7) is 1.16. The highest BCUT2D eigenvalue weighted by atomic mass is 19.3. The molecule has 0 atom stereocenters. The number of hydrogen-bond acceptors (Lipinski definition) is 3. The third kappa shape index (κ3) is 6.06. The number of nitrogens with zero attached hydrogens (tertiary/aromatic N) is 1. The molecule has 0 fully saturated rings. The first kappa shape index (κ1) is 20.4. The van der Waals surface area contributed by atoms with E-state index >= 15 is 0 Å². The molecule has 144 valence electrons. The van der Waals surface area contributed by atoms with Gasteiger partial charge in [0.05, 0.1) is 0 Å². The second kappa shape index (κ2) is 9.66. The van der Waals surface area contributed by atoms with Crippen molar-refractivity contribution in [1.82, 2.24) is 4.90 Å². The van der Waals surface area contributed by atoms with Gasteiger partial charge in [-0.05, 0) is 49.2 Å². The maximum Gasteiger partial charge on any atom is 0.387 e. The van der Waals surface area contributed by atoms with Crippen LogP contribution >= 0.6 is 0 Å². The van der Waals surface area contributed by atoms with E-state index in [4.69, 9.17) is 0 Å². The van der Waals surface area contributed by atoms with Crippen molar-refractivity contribution in [3.63, 3.8) is 0 Å². The molecule has 2 aromatic carbocycles. The van der Waals surface area contributed by atoms with Crippen molar-refractivity contribution >= 4 is 17.5 Å². The van der Waals surface area contributed by atoms with Gasteiger partial charge in [-0.25, -0.2) is 0 Å². The first-order valence-corrected chi connectivity index (χ1v) is 8.60. The molecule has 2 aromatic rings. The Morgan fingerprint density at radius 3 is 2.37 bits per heavy atom. The van der Waals surface area contributed by atoms with Crippen LogP contribution < -0.4 is 10.1 Å². The van der Waals surface area contributed by atoms with Gasteiger partial charge in [-0.1, -0.05) is 25.1 Å². The molecule has 0 radical (unpaired) electrons. The number of hydrogen-bond donors (Lipinski definition) is 1. The smallest absolute Gasteiger partial charge is 0.387 e. The summed E-state index contributed by atoms with van der Waals surface area (Å²) in [7, 11) is 0. The van der Waals surface area contributed by atoms with Gasteiger partial charge in [0.15, 0.2) is 0 Å². The van der Waals surface area contributed by atoms with E-state index in [0.717, 1.165) is 5.56 Å². The van der Waals surface area contributed by atoms with Crippen LogP contribution in [0.1, 0.15) is 29.3 Å². The normalized spacial score (nSPS) is 10.6. The van der Waals surface area contributed by atoms with E-state index in [2.05, 4.69) is 10.1 Å². The molecule has 2 amide bonds. The highest BCUT2D eigenvalue weighted by molar-refractivity contribution is 5.99. The standard InChI is InChI=1S/C20H22F2N2O3/c1-3-12-24(13-18(25)23-17-7-5-4-6-14(17)2)19(26)15-8-10-16(11-9-15)27-20(21)22/h4-11,20H,3,12-13H2,1-2H3,(H,23,25). The van der Waals surface area contributed by atoms with Crippen molar-refractivity contribution in [2.45, 2.75) is 26.9 Å². The van der Waals surface area contributed by atoms with Crippen LogP contribution in [0.4, 0.5) is 14.5 Å². The van der Waals surface area contributed by atoms with Crippen molar-refractivity contribution in [2.75, 3.05) is 18.4 Å². The van der Waals surface area contributed by atoms with Gasteiger partial charge < -0.3 is 15.0 Å². The van der Waals surface area contributed by atoms with E-state index in [1.807, 2.05) is 32.0 Å². The predicted molar refractivity (Wildman–Crippen MR) is 99.1 cm³/mol. The van der Waals surface area contributed by atoms with E-state index in [0.29, 0.717) is 24.2 Å². The molecule has 0 saturated carbocycles. The Kier molecular flexibility index (Phi) is 7.28. The molecule has 0 unspecified atom stereocenters. The molecule has 5 nitrogen and oxygen atoms in total. The summed E-state index contributed by atoms with van der Waals surface area (Å²) in [5, 5.41) is 2.80. The molecule has 2 rings (SSSR count). The van der Waals surface area contributed by atoms with Crippen molar-refractivity contribution < 1.29 is 23.1 Å². The molecule has 0 saturated heterocycles. The minimum Gasteiger partial charge on any atom is -0.435 e. The fraction of sp³-hybridized carbons (Fsp3) is 0.300. The van der Waals surface area contributed by atoms with Gasteiger partial charge in [-0.3, -0.25) is 9.59 Å². The van der Waals surface area contributed by atoms with Crippen molar-refractivity contribution in [3.05, 3.63) is 59.7 Å². The number of aryl methyl sites for hydroxylation is 1. The first-order valence-electron chi connectivity index (χ1n) is 8.60. The Morgan fingerprint density at radius 2 is 1.78 bits per heavy atom. The topological polar surface area (TPSA) is 58.6 Å². The zero-order chi connectivity index (χ0) is 19.8. The lowest BCUT2D eigenvalue weighted by Crippen LogP contribution is -2.38. The third-order valence-electron chi connectivity index (χ3n) is 3.86. The molecular formula is C20H22F2N2O3. The van der Waals surface area contributed by atoms with Gasteiger partial charge in [0.1, 0.15) is 12.3 Å². The predicted octanol–water partition coefficient (Wildman–Crippen LogP) is 4.09. The summed E-state index contributed by atoms with van der Waals surface area (Å²) in [6.07, 6.45) is 0.677. The summed E-state index contributed by atoms with van der Waals surface area (Å²) in [6, 6.07) is 12.8. The number of benzene rings is 2. The van der Waals surface area contributed by atoms with Crippen LogP contribution in [0.2, 0.25) is 0 Å². The molecule has 1 N–H and O–H groups in total. The van der Waals surface area contributed by atoms with E-state index in [1.54, 1.807) is 6.07 Å². The number of anilines is 1.